The van der Waals surface area contributed by atoms with E-state index in [1.807, 2.05) is 9.80 Å². The van der Waals surface area contributed by atoms with Crippen molar-refractivity contribution in [2.75, 3.05) is 19.6 Å². The molecule has 0 aromatic rings. The molecule has 4 nitrogen and oxygen atoms in total. The zero-order valence-corrected chi connectivity index (χ0v) is 12.5. The van der Waals surface area contributed by atoms with Crippen LogP contribution in [0.4, 0.5) is 0 Å². The summed E-state index contributed by atoms with van der Waals surface area (Å²) >= 11 is 0. The number of hydrogen-bond acceptors (Lipinski definition) is 2. The van der Waals surface area contributed by atoms with Gasteiger partial charge in [0.05, 0.1) is 5.92 Å². The van der Waals surface area contributed by atoms with E-state index in [9.17, 15) is 9.59 Å². The Labute approximate surface area is 121 Å². The number of hydrogen-bond donors (Lipinski definition) is 0. The van der Waals surface area contributed by atoms with Gasteiger partial charge in [-0.05, 0) is 31.6 Å². The maximum absolute atomic E-state index is 12.6. The fourth-order valence-electron chi connectivity index (χ4n) is 3.95. The Morgan fingerprint density at radius 1 is 1.10 bits per heavy atom. The van der Waals surface area contributed by atoms with Crippen molar-refractivity contribution < 1.29 is 9.59 Å². The van der Waals surface area contributed by atoms with Crippen LogP contribution in [0.2, 0.25) is 0 Å². The van der Waals surface area contributed by atoms with E-state index in [0.29, 0.717) is 19.0 Å². The monoisotopic (exact) mass is 278 g/mol. The molecule has 112 valence electrons. The third-order valence-electron chi connectivity index (χ3n) is 5.37. The third-order valence-corrected chi connectivity index (χ3v) is 5.37. The minimum absolute atomic E-state index is 0.0727. The second kappa shape index (κ2) is 5.74. The maximum atomic E-state index is 12.6. The molecule has 0 bridgehead atoms. The van der Waals surface area contributed by atoms with Gasteiger partial charge in [-0.2, -0.15) is 0 Å². The minimum Gasteiger partial charge on any atom is -0.342 e. The van der Waals surface area contributed by atoms with Gasteiger partial charge in [-0.3, -0.25) is 9.59 Å². The van der Waals surface area contributed by atoms with Crippen LogP contribution in [0.1, 0.15) is 51.9 Å². The van der Waals surface area contributed by atoms with Gasteiger partial charge in [-0.1, -0.05) is 19.8 Å². The molecule has 1 aliphatic carbocycles. The zero-order chi connectivity index (χ0) is 14.1. The van der Waals surface area contributed by atoms with Gasteiger partial charge in [-0.25, -0.2) is 0 Å². The highest BCUT2D eigenvalue weighted by Gasteiger charge is 2.40. The smallest absolute Gasteiger partial charge is 0.227 e. The largest absolute Gasteiger partial charge is 0.342 e. The summed E-state index contributed by atoms with van der Waals surface area (Å²) in [6.45, 7) is 4.69. The SMILES string of the molecule is CC1CCN(C(=O)[C@@H]2CC(=O)N(C3CCCC3)C2)CC1. The molecule has 2 amide bonds. The molecular formula is C16H26N2O2. The molecule has 0 radical (unpaired) electrons. The maximum Gasteiger partial charge on any atom is 0.227 e. The van der Waals surface area contributed by atoms with Crippen LogP contribution in [0.15, 0.2) is 0 Å². The summed E-state index contributed by atoms with van der Waals surface area (Å²) in [5.74, 6) is 1.10. The van der Waals surface area contributed by atoms with E-state index in [0.717, 1.165) is 44.7 Å². The van der Waals surface area contributed by atoms with Crippen molar-refractivity contribution in [3.05, 3.63) is 0 Å². The Hall–Kier alpha value is -1.06. The Kier molecular flexibility index (Phi) is 3.99. The normalized spacial score (nSPS) is 29.4. The van der Waals surface area contributed by atoms with Crippen molar-refractivity contribution >= 4 is 11.8 Å². The molecule has 4 heteroatoms. The molecule has 0 N–H and O–H groups in total. The Balaban J connectivity index is 1.58. The summed E-state index contributed by atoms with van der Waals surface area (Å²) in [6, 6.07) is 0.418. The lowest BCUT2D eigenvalue weighted by atomic mass is 9.97. The van der Waals surface area contributed by atoms with Crippen LogP contribution in [-0.4, -0.2) is 47.3 Å². The molecule has 2 heterocycles. The highest BCUT2D eigenvalue weighted by Crippen LogP contribution is 2.30. The molecule has 20 heavy (non-hydrogen) atoms. The Morgan fingerprint density at radius 3 is 2.40 bits per heavy atom. The molecule has 3 aliphatic rings. The van der Waals surface area contributed by atoms with Crippen molar-refractivity contribution in [1.29, 1.82) is 0 Å². The number of nitrogens with zero attached hydrogens (tertiary/aromatic N) is 2. The van der Waals surface area contributed by atoms with Crippen LogP contribution in [0.25, 0.3) is 0 Å². The predicted molar refractivity (Wildman–Crippen MR) is 77.1 cm³/mol. The number of rotatable bonds is 2. The lowest BCUT2D eigenvalue weighted by molar-refractivity contribution is -0.137. The van der Waals surface area contributed by atoms with Gasteiger partial charge in [0, 0.05) is 32.1 Å². The molecule has 0 spiro atoms. The summed E-state index contributed by atoms with van der Waals surface area (Å²) in [4.78, 5) is 28.7. The number of amides is 2. The number of carbonyl (C=O) groups excluding carboxylic acids is 2. The number of carbonyl (C=O) groups is 2. The number of likely N-dealkylation sites (tertiary alicyclic amines) is 2. The summed E-state index contributed by atoms with van der Waals surface area (Å²) in [5.41, 5.74) is 0. The van der Waals surface area contributed by atoms with E-state index in [2.05, 4.69) is 6.92 Å². The van der Waals surface area contributed by atoms with Crippen LogP contribution in [-0.2, 0) is 9.59 Å². The van der Waals surface area contributed by atoms with Crippen LogP contribution in [0.3, 0.4) is 0 Å². The van der Waals surface area contributed by atoms with E-state index in [1.165, 1.54) is 12.8 Å². The zero-order valence-electron chi connectivity index (χ0n) is 12.5. The van der Waals surface area contributed by atoms with E-state index < -0.39 is 0 Å². The number of piperidine rings is 1. The fourth-order valence-corrected chi connectivity index (χ4v) is 3.95. The van der Waals surface area contributed by atoms with Gasteiger partial charge in [-0.15, -0.1) is 0 Å². The van der Waals surface area contributed by atoms with Crippen LogP contribution >= 0.6 is 0 Å². The first-order valence-electron chi connectivity index (χ1n) is 8.23. The molecule has 3 rings (SSSR count). The first kappa shape index (κ1) is 13.9. The Morgan fingerprint density at radius 2 is 1.75 bits per heavy atom. The molecule has 0 aromatic heterocycles. The summed E-state index contributed by atoms with van der Waals surface area (Å²) in [7, 11) is 0. The molecule has 0 unspecified atom stereocenters. The van der Waals surface area contributed by atoms with E-state index in [4.69, 9.17) is 0 Å². The third kappa shape index (κ3) is 2.70. The molecular weight excluding hydrogens is 252 g/mol. The highest BCUT2D eigenvalue weighted by molar-refractivity contribution is 5.89. The lowest BCUT2D eigenvalue weighted by Crippen LogP contribution is -2.42. The predicted octanol–water partition coefficient (Wildman–Crippen LogP) is 2.04. The van der Waals surface area contributed by atoms with Gasteiger partial charge in [0.25, 0.3) is 0 Å². The van der Waals surface area contributed by atoms with Crippen molar-refractivity contribution in [3.63, 3.8) is 0 Å². The fraction of sp³-hybridized carbons (Fsp3) is 0.875. The second-order valence-corrected chi connectivity index (χ2v) is 6.89. The van der Waals surface area contributed by atoms with Gasteiger partial charge in [0.15, 0.2) is 0 Å². The summed E-state index contributed by atoms with van der Waals surface area (Å²) in [5, 5.41) is 0. The van der Waals surface area contributed by atoms with Crippen molar-refractivity contribution in [1.82, 2.24) is 9.80 Å². The average Bonchev–Trinajstić information content (AvgIpc) is 3.07. The minimum atomic E-state index is -0.0727. The molecule has 1 atom stereocenters. The van der Waals surface area contributed by atoms with Crippen molar-refractivity contribution in [2.24, 2.45) is 11.8 Å². The molecule has 2 saturated heterocycles. The van der Waals surface area contributed by atoms with Gasteiger partial charge in [0.1, 0.15) is 0 Å². The van der Waals surface area contributed by atoms with Crippen molar-refractivity contribution in [3.8, 4) is 0 Å². The highest BCUT2D eigenvalue weighted by atomic mass is 16.2. The first-order chi connectivity index (χ1) is 9.65. The molecule has 2 aliphatic heterocycles. The lowest BCUT2D eigenvalue weighted by Gasteiger charge is -2.32. The second-order valence-electron chi connectivity index (χ2n) is 6.89. The molecule has 3 fully saturated rings. The van der Waals surface area contributed by atoms with Crippen molar-refractivity contribution in [2.45, 2.75) is 57.9 Å². The van der Waals surface area contributed by atoms with Gasteiger partial charge in [0.2, 0.25) is 11.8 Å². The van der Waals surface area contributed by atoms with E-state index in [-0.39, 0.29) is 17.7 Å². The summed E-state index contributed by atoms with van der Waals surface area (Å²) < 4.78 is 0. The van der Waals surface area contributed by atoms with Crippen LogP contribution in [0, 0.1) is 11.8 Å². The van der Waals surface area contributed by atoms with E-state index in [1.54, 1.807) is 0 Å². The van der Waals surface area contributed by atoms with Crippen LogP contribution < -0.4 is 0 Å². The average molecular weight is 278 g/mol. The summed E-state index contributed by atoms with van der Waals surface area (Å²) in [6.07, 6.45) is 7.40. The Bertz CT molecular complexity index is 382. The first-order valence-corrected chi connectivity index (χ1v) is 8.23. The quantitative estimate of drug-likeness (QED) is 0.775. The molecule has 1 saturated carbocycles. The standard InChI is InChI=1S/C16H26N2O2/c1-12-6-8-17(9-7-12)16(20)13-10-15(19)18(11-13)14-4-2-3-5-14/h12-14H,2-11H2,1H3/t13-/m1/s1. The van der Waals surface area contributed by atoms with Gasteiger partial charge >= 0.3 is 0 Å². The molecule has 0 aromatic carbocycles. The van der Waals surface area contributed by atoms with E-state index >= 15 is 0 Å². The topological polar surface area (TPSA) is 40.6 Å². The van der Waals surface area contributed by atoms with Gasteiger partial charge < -0.3 is 9.80 Å². The van der Waals surface area contributed by atoms with Crippen LogP contribution in [0.5, 0.6) is 0 Å².